The molecule has 1 aliphatic heterocycles. The maximum atomic E-state index is 12.2. The van der Waals surface area contributed by atoms with Gasteiger partial charge in [0.1, 0.15) is 0 Å². The third-order valence-electron chi connectivity index (χ3n) is 4.25. The molecule has 2 N–H and O–H groups in total. The normalized spacial score (nSPS) is 17.1. The van der Waals surface area contributed by atoms with Gasteiger partial charge in [-0.05, 0) is 19.9 Å². The fourth-order valence-electron chi connectivity index (χ4n) is 2.76. The molecule has 1 aromatic rings. The van der Waals surface area contributed by atoms with Crippen molar-refractivity contribution >= 4 is 29.0 Å². The van der Waals surface area contributed by atoms with E-state index in [9.17, 15) is 19.5 Å². The number of hydrogen-bond acceptors (Lipinski definition) is 5. The van der Waals surface area contributed by atoms with Gasteiger partial charge >= 0.3 is 5.97 Å². The molecule has 1 amide bonds. The first kappa shape index (κ1) is 17.6. The van der Waals surface area contributed by atoms with Gasteiger partial charge in [-0.25, -0.2) is 4.79 Å². The number of likely N-dealkylation sites (tertiary alicyclic amines) is 1. The first-order chi connectivity index (χ1) is 10.7. The molecule has 2 heterocycles. The van der Waals surface area contributed by atoms with E-state index in [1.807, 2.05) is 19.9 Å². The van der Waals surface area contributed by atoms with E-state index in [1.165, 1.54) is 4.90 Å². The average Bonchev–Trinajstić information content (AvgIpc) is 2.84. The molecule has 0 saturated carbocycles. The number of carboxylic acid groups (broad SMARTS) is 1. The fourth-order valence-corrected chi connectivity index (χ4v) is 3.70. The van der Waals surface area contributed by atoms with Crippen LogP contribution in [0.5, 0.6) is 0 Å². The molecular weight excluding hydrogens is 318 g/mol. The summed E-state index contributed by atoms with van der Waals surface area (Å²) in [6.07, 6.45) is 0.296. The summed E-state index contributed by atoms with van der Waals surface area (Å²) in [4.78, 5) is 38.8. The van der Waals surface area contributed by atoms with E-state index in [1.54, 1.807) is 11.3 Å². The van der Waals surface area contributed by atoms with Crippen LogP contribution in [0.2, 0.25) is 0 Å². The zero-order valence-corrected chi connectivity index (χ0v) is 14.1. The van der Waals surface area contributed by atoms with Crippen molar-refractivity contribution in [1.29, 1.82) is 0 Å². The van der Waals surface area contributed by atoms with Gasteiger partial charge in [0.15, 0.2) is 11.4 Å². The number of amides is 1. The Kier molecular flexibility index (Phi) is 5.21. The monoisotopic (exact) mass is 339 g/mol. The van der Waals surface area contributed by atoms with Gasteiger partial charge in [-0.3, -0.25) is 9.59 Å². The lowest BCUT2D eigenvalue weighted by molar-refractivity contribution is -0.165. The highest BCUT2D eigenvalue weighted by atomic mass is 32.1. The molecule has 0 radical (unpaired) electrons. The number of nitrogens with zero attached hydrogens (tertiary/aromatic N) is 1. The molecule has 0 bridgehead atoms. The van der Waals surface area contributed by atoms with Gasteiger partial charge in [-0.1, -0.05) is 0 Å². The third kappa shape index (κ3) is 3.97. The molecule has 7 heteroatoms. The standard InChI is InChI=1S/C16H21NO5S/c1-10-9-12(11(2)23-10)13(18)3-4-14(19)17-7-5-16(22,6-8-17)15(20)21/h9,22H,3-8H2,1-2H3,(H,20,21). The molecule has 0 spiro atoms. The molecule has 23 heavy (non-hydrogen) atoms. The van der Waals surface area contributed by atoms with Crippen LogP contribution < -0.4 is 0 Å². The highest BCUT2D eigenvalue weighted by molar-refractivity contribution is 7.12. The van der Waals surface area contributed by atoms with E-state index in [0.29, 0.717) is 5.56 Å². The number of aliphatic carboxylic acids is 1. The van der Waals surface area contributed by atoms with Gasteiger partial charge in [0.25, 0.3) is 0 Å². The molecule has 1 fully saturated rings. The van der Waals surface area contributed by atoms with E-state index in [0.717, 1.165) is 9.75 Å². The topological polar surface area (TPSA) is 94.9 Å². The van der Waals surface area contributed by atoms with E-state index in [2.05, 4.69) is 0 Å². The fraction of sp³-hybridized carbons (Fsp3) is 0.562. The molecule has 6 nitrogen and oxygen atoms in total. The highest BCUT2D eigenvalue weighted by Gasteiger charge is 2.40. The summed E-state index contributed by atoms with van der Waals surface area (Å²) >= 11 is 1.56. The molecule has 0 aromatic carbocycles. The van der Waals surface area contributed by atoms with Crippen LogP contribution in [0.25, 0.3) is 0 Å². The number of hydrogen-bond donors (Lipinski definition) is 2. The summed E-state index contributed by atoms with van der Waals surface area (Å²) in [6.45, 7) is 4.24. The zero-order valence-electron chi connectivity index (χ0n) is 13.3. The van der Waals surface area contributed by atoms with E-state index in [4.69, 9.17) is 5.11 Å². The van der Waals surface area contributed by atoms with Crippen LogP contribution in [0, 0.1) is 13.8 Å². The highest BCUT2D eigenvalue weighted by Crippen LogP contribution is 2.24. The van der Waals surface area contributed by atoms with E-state index in [-0.39, 0.29) is 50.5 Å². The first-order valence-electron chi connectivity index (χ1n) is 7.57. The SMILES string of the molecule is Cc1cc(C(=O)CCC(=O)N2CCC(O)(C(=O)O)CC2)c(C)s1. The Morgan fingerprint density at radius 3 is 2.30 bits per heavy atom. The minimum absolute atomic E-state index is 0.0187. The van der Waals surface area contributed by atoms with Crippen LogP contribution in [-0.4, -0.2) is 51.5 Å². The van der Waals surface area contributed by atoms with E-state index < -0.39 is 11.6 Å². The molecule has 0 atom stereocenters. The number of piperidine rings is 1. The van der Waals surface area contributed by atoms with Crippen LogP contribution in [0.1, 0.15) is 45.8 Å². The molecule has 1 aromatic heterocycles. The van der Waals surface area contributed by atoms with Gasteiger partial charge in [-0.15, -0.1) is 11.3 Å². The second-order valence-electron chi connectivity index (χ2n) is 5.97. The minimum Gasteiger partial charge on any atom is -0.479 e. The van der Waals surface area contributed by atoms with Crippen LogP contribution in [0.3, 0.4) is 0 Å². The molecule has 0 unspecified atom stereocenters. The Labute approximate surface area is 138 Å². The number of aliphatic hydroxyl groups is 1. The number of aryl methyl sites for hydroxylation is 2. The van der Waals surface area contributed by atoms with Gasteiger partial charge in [-0.2, -0.15) is 0 Å². The number of rotatable bonds is 5. The maximum Gasteiger partial charge on any atom is 0.335 e. The second kappa shape index (κ2) is 6.80. The smallest absolute Gasteiger partial charge is 0.335 e. The van der Waals surface area contributed by atoms with Crippen molar-refractivity contribution in [3.8, 4) is 0 Å². The van der Waals surface area contributed by atoms with Crippen LogP contribution in [-0.2, 0) is 9.59 Å². The maximum absolute atomic E-state index is 12.2. The second-order valence-corrected chi connectivity index (χ2v) is 7.43. The average molecular weight is 339 g/mol. The van der Waals surface area contributed by atoms with E-state index >= 15 is 0 Å². The summed E-state index contributed by atoms with van der Waals surface area (Å²) in [7, 11) is 0. The van der Waals surface area contributed by atoms with Crippen molar-refractivity contribution in [2.75, 3.05) is 13.1 Å². The number of carbonyl (C=O) groups excluding carboxylic acids is 2. The number of ketones is 1. The van der Waals surface area contributed by atoms with Crippen molar-refractivity contribution in [2.45, 2.75) is 45.1 Å². The molecule has 1 saturated heterocycles. The summed E-state index contributed by atoms with van der Waals surface area (Å²) in [5.41, 5.74) is -1.06. The number of carbonyl (C=O) groups is 3. The van der Waals surface area contributed by atoms with Crippen molar-refractivity contribution in [1.82, 2.24) is 4.90 Å². The summed E-state index contributed by atoms with van der Waals surface area (Å²) in [5, 5.41) is 18.8. The Balaban J connectivity index is 1.85. The molecule has 126 valence electrons. The lowest BCUT2D eigenvalue weighted by atomic mass is 9.91. The summed E-state index contributed by atoms with van der Waals surface area (Å²) in [5.74, 6) is -1.46. The predicted molar refractivity (Wildman–Crippen MR) is 85.8 cm³/mol. The Morgan fingerprint density at radius 2 is 1.83 bits per heavy atom. The van der Waals surface area contributed by atoms with Crippen LogP contribution >= 0.6 is 11.3 Å². The molecule has 2 rings (SSSR count). The van der Waals surface area contributed by atoms with Gasteiger partial charge < -0.3 is 15.1 Å². The Bertz CT molecular complexity index is 628. The quantitative estimate of drug-likeness (QED) is 0.797. The first-order valence-corrected chi connectivity index (χ1v) is 8.38. The lowest BCUT2D eigenvalue weighted by Crippen LogP contribution is -2.50. The van der Waals surface area contributed by atoms with Crippen molar-refractivity contribution < 1.29 is 24.6 Å². The van der Waals surface area contributed by atoms with Gasteiger partial charge in [0.05, 0.1) is 0 Å². The Morgan fingerprint density at radius 1 is 1.22 bits per heavy atom. The van der Waals surface area contributed by atoms with Crippen molar-refractivity contribution in [3.63, 3.8) is 0 Å². The van der Waals surface area contributed by atoms with Crippen molar-refractivity contribution in [2.24, 2.45) is 0 Å². The number of carboxylic acids is 1. The lowest BCUT2D eigenvalue weighted by Gasteiger charge is -2.35. The zero-order chi connectivity index (χ0) is 17.2. The van der Waals surface area contributed by atoms with Crippen LogP contribution in [0.4, 0.5) is 0 Å². The summed E-state index contributed by atoms with van der Waals surface area (Å²) in [6, 6.07) is 1.85. The van der Waals surface area contributed by atoms with Crippen molar-refractivity contribution in [3.05, 3.63) is 21.4 Å². The summed E-state index contributed by atoms with van der Waals surface area (Å²) < 4.78 is 0. The molecular formula is C16H21NO5S. The molecule has 0 aliphatic carbocycles. The number of Topliss-reactive ketones (excluding diaryl/α,β-unsaturated/α-hetero) is 1. The largest absolute Gasteiger partial charge is 0.479 e. The Hall–Kier alpha value is -1.73. The predicted octanol–water partition coefficient (Wildman–Crippen LogP) is 1.77. The third-order valence-corrected chi connectivity index (χ3v) is 5.21. The van der Waals surface area contributed by atoms with Crippen LogP contribution in [0.15, 0.2) is 6.07 Å². The number of thiophene rings is 1. The van der Waals surface area contributed by atoms with Gasteiger partial charge in [0.2, 0.25) is 5.91 Å². The minimum atomic E-state index is -1.74. The molecule has 1 aliphatic rings. The van der Waals surface area contributed by atoms with Gasteiger partial charge in [0, 0.05) is 54.1 Å².